The molecule has 42 heteroatoms. The van der Waals surface area contributed by atoms with Crippen molar-refractivity contribution in [2.75, 3.05) is 13.1 Å². The molecule has 0 aliphatic rings. The van der Waals surface area contributed by atoms with Crippen molar-refractivity contribution >= 4 is 0 Å². The molecule has 0 amide bonds. The van der Waals surface area contributed by atoms with E-state index in [-0.39, 0.29) is 0 Å². The van der Waals surface area contributed by atoms with Crippen molar-refractivity contribution in [3.05, 3.63) is 0 Å². The average molecular weight is 1550 g/mol. The Morgan fingerprint density at radius 3 is 0.466 bits per heavy atom. The van der Waals surface area contributed by atoms with Gasteiger partial charge in [-0.1, -0.05) is 66.2 Å². The number of rotatable bonds is 10. The summed E-state index contributed by atoms with van der Waals surface area (Å²) in [6, 6.07) is 0. The Morgan fingerprint density at radius 1 is 0.310 bits per heavy atom. The SMILES string of the molecule is CCCCC(CC)CN.CCCCC(CC)CN.[O]=[Mo](=[O])([OH])[OH].[O]=[Mo](=[O])([OH])[OH].[O]=[Mo](=[O])([OH])[OH].[O]=[Mo](=[O])([OH])[OH].[O]=[Mo](=[O])([OH])[OH].[O]=[Mo](=[O])([OH])[OH].[O]=[Mo](=[O])([OH])[OH].[O]=[Mo](=[O])([OH])[OH]. The van der Waals surface area contributed by atoms with Crippen molar-refractivity contribution < 1.29 is 248 Å². The molecule has 0 radical (unpaired) electrons. The first-order valence-electron chi connectivity index (χ1n) is 13.7. The summed E-state index contributed by atoms with van der Waals surface area (Å²) in [5.41, 5.74) is 11.0. The molecule has 2 unspecified atom stereocenters. The molecular weight excluding hydrogens is 1500 g/mol. The van der Waals surface area contributed by atoms with Crippen LogP contribution in [0, 0.1) is 11.8 Å². The van der Waals surface area contributed by atoms with E-state index in [2.05, 4.69) is 27.7 Å². The third-order valence-corrected chi connectivity index (χ3v) is 3.75. The Balaban J connectivity index is -0.0000000558. The van der Waals surface area contributed by atoms with Gasteiger partial charge in [-0.15, -0.1) is 0 Å². The van der Waals surface area contributed by atoms with Gasteiger partial charge in [0, 0.05) is 0 Å². The van der Waals surface area contributed by atoms with E-state index in [0.29, 0.717) is 0 Å². The van der Waals surface area contributed by atoms with Crippen LogP contribution in [0.2, 0.25) is 0 Å². The zero-order chi connectivity index (χ0) is 50.2. The van der Waals surface area contributed by atoms with Crippen LogP contribution in [0.25, 0.3) is 0 Å². The zero-order valence-corrected chi connectivity index (χ0v) is 46.4. The topological polar surface area (TPSA) is 649 Å². The normalized spacial score (nSPS) is 12.2. The number of unbranched alkanes of at least 4 members (excludes halogenated alkanes) is 2. The van der Waals surface area contributed by atoms with E-state index in [1.807, 2.05) is 0 Å². The summed E-state index contributed by atoms with van der Waals surface area (Å²) in [7, 11) is 0. The summed E-state index contributed by atoms with van der Waals surface area (Å²) in [6.07, 6.45) is 10.4. The summed E-state index contributed by atoms with van der Waals surface area (Å²) in [5, 5.41) is 0. The number of hydrogen-bond acceptors (Lipinski definition) is 18. The molecule has 0 saturated heterocycles. The minimum absolute atomic E-state index is 0.782. The van der Waals surface area contributed by atoms with Crippen LogP contribution in [0.3, 0.4) is 0 Å². The molecule has 0 heterocycles. The molecule has 0 bridgehead atoms. The maximum atomic E-state index is 8.85. The van der Waals surface area contributed by atoms with Gasteiger partial charge in [0.25, 0.3) is 0 Å². The Morgan fingerprint density at radius 2 is 0.414 bits per heavy atom. The second-order valence-electron chi connectivity index (χ2n) is 8.89. The first-order valence-corrected chi connectivity index (χ1v) is 41.2. The van der Waals surface area contributed by atoms with Crippen LogP contribution in [0.4, 0.5) is 0 Å². The molecule has 0 aromatic rings. The molecule has 0 saturated carbocycles. The second-order valence-corrected chi connectivity index (χ2v) is 26.5. The maximum absolute atomic E-state index is 8.85. The van der Waals surface area contributed by atoms with Crippen LogP contribution in [0.1, 0.15) is 79.1 Å². The van der Waals surface area contributed by atoms with Crippen LogP contribution in [0.5, 0.6) is 0 Å². The molecule has 0 aromatic heterocycles. The quantitative estimate of drug-likeness (QED) is 0.0905. The van der Waals surface area contributed by atoms with Crippen molar-refractivity contribution in [1.82, 2.24) is 0 Å². The van der Waals surface area contributed by atoms with Gasteiger partial charge < -0.3 is 11.5 Å². The van der Waals surface area contributed by atoms with Gasteiger partial charge in [-0.05, 0) is 37.8 Å². The molecule has 0 rings (SSSR count). The Kier molecular flexibility index (Phi) is 64.8. The van der Waals surface area contributed by atoms with Gasteiger partial charge >= 0.3 is 248 Å². The Labute approximate surface area is 359 Å². The van der Waals surface area contributed by atoms with Gasteiger partial charge in [-0.2, -0.15) is 0 Å². The van der Waals surface area contributed by atoms with Gasteiger partial charge in [-0.25, -0.2) is 0 Å². The molecule has 2 atom stereocenters. The molecule has 34 nitrogen and oxygen atoms in total. The van der Waals surface area contributed by atoms with Crippen LogP contribution < -0.4 is 11.5 Å². The fourth-order valence-electron chi connectivity index (χ4n) is 1.96. The predicted molar refractivity (Wildman–Crippen MR) is 131 cm³/mol. The van der Waals surface area contributed by atoms with Crippen LogP contribution >= 0.6 is 0 Å². The molecule has 0 aliphatic carbocycles. The fourth-order valence-corrected chi connectivity index (χ4v) is 1.96. The monoisotopic (exact) mass is 1570 g/mol. The van der Waals surface area contributed by atoms with Gasteiger partial charge in [0.1, 0.15) is 0 Å². The number of nitrogens with two attached hydrogens (primary N) is 2. The van der Waals surface area contributed by atoms with E-state index >= 15 is 0 Å². The van der Waals surface area contributed by atoms with Gasteiger partial charge in [0.05, 0.1) is 0 Å². The first kappa shape index (κ1) is 83.2. The Hall–Kier alpha value is 1.59. The third kappa shape index (κ3) is 596. The predicted octanol–water partition coefficient (Wildman–Crippen LogP) is -6.51. The van der Waals surface area contributed by atoms with Crippen molar-refractivity contribution in [1.29, 1.82) is 0 Å². The minimum atomic E-state index is -5.52. The standard InChI is InChI=1S/2C8H19N.8Mo.16H2O.16O/c2*1-3-5-6-8(4-2)7-9;;;;;;;;;;;;;;;;;;;;;;;;;;;;;;;;;;;;;;;;/h2*8H,3-7,9H2,1-2H3;;;;;;;;;16*1H2;;;;;;;;;;;;;;;;/q;;8*+2;;;;;;;;;;;;;;;;;;;;;;;;;;;;;;;;/p-16. The molecule has 20 N–H and O–H groups in total. The molecule has 0 aliphatic heterocycles. The van der Waals surface area contributed by atoms with E-state index in [4.69, 9.17) is 126 Å². The van der Waals surface area contributed by atoms with Gasteiger partial charge in [0.15, 0.2) is 0 Å². The van der Waals surface area contributed by atoms with Crippen LogP contribution in [-0.4, -0.2) is 73.2 Å². The zero-order valence-electron chi connectivity index (χ0n) is 30.3. The summed E-state index contributed by atoms with van der Waals surface area (Å²) < 4.78 is 256. The molecule has 0 spiro atoms. The fraction of sp³-hybridized carbons (Fsp3) is 1.00. The number of hydrogen-bond donors (Lipinski definition) is 18. The molecule has 0 fully saturated rings. The van der Waals surface area contributed by atoms with E-state index in [1.54, 1.807) is 0 Å². The van der Waals surface area contributed by atoms with Crippen LogP contribution in [0.15, 0.2) is 0 Å². The average Bonchev–Trinajstić information content (AvgIpc) is 2.83. The van der Waals surface area contributed by atoms with E-state index in [9.17, 15) is 0 Å². The second kappa shape index (κ2) is 45.2. The summed E-state index contributed by atoms with van der Waals surface area (Å²) in [6.45, 7) is 10.6. The summed E-state index contributed by atoms with van der Waals surface area (Å²) >= 11 is -44.2. The van der Waals surface area contributed by atoms with Crippen LogP contribution in [-0.2, 0) is 188 Å². The molecular formula is C16H54Mo8N2O32. The van der Waals surface area contributed by atoms with Crippen molar-refractivity contribution in [2.24, 2.45) is 23.3 Å². The van der Waals surface area contributed by atoms with Crippen molar-refractivity contribution in [3.8, 4) is 0 Å². The van der Waals surface area contributed by atoms with Crippen molar-refractivity contribution in [2.45, 2.75) is 79.1 Å². The molecule has 58 heavy (non-hydrogen) atoms. The molecule has 0 aromatic carbocycles. The van der Waals surface area contributed by atoms with Gasteiger partial charge in [-0.3, -0.25) is 0 Å². The third-order valence-electron chi connectivity index (χ3n) is 3.75. The van der Waals surface area contributed by atoms with E-state index in [0.717, 1.165) is 24.9 Å². The summed E-state index contributed by atoms with van der Waals surface area (Å²) in [4.78, 5) is 0. The first-order chi connectivity index (χ1) is 24.7. The van der Waals surface area contributed by atoms with Gasteiger partial charge in [0.2, 0.25) is 0 Å². The molecule has 368 valence electrons. The van der Waals surface area contributed by atoms with E-state index < -0.39 is 134 Å². The van der Waals surface area contributed by atoms with Crippen molar-refractivity contribution in [3.63, 3.8) is 0 Å². The Bertz CT molecular complexity index is 1360. The van der Waals surface area contributed by atoms with E-state index in [1.165, 1.54) is 51.4 Å². The summed E-state index contributed by atoms with van der Waals surface area (Å²) in [5.74, 6) is 1.56.